The number of carbonyl (C=O) groups is 1. The van der Waals surface area contributed by atoms with Gasteiger partial charge in [0, 0.05) is 17.5 Å². The van der Waals surface area contributed by atoms with Gasteiger partial charge in [0.2, 0.25) is 0 Å². The van der Waals surface area contributed by atoms with Crippen LogP contribution in [0.15, 0.2) is 24.3 Å². The highest BCUT2D eigenvalue weighted by Gasteiger charge is 2.23. The molecule has 1 aromatic heterocycles. The van der Waals surface area contributed by atoms with E-state index < -0.39 is 18.5 Å². The first-order valence-electron chi connectivity index (χ1n) is 7.56. The standard InChI is InChI=1S/C16H22BNO5/c1-4-22-15(20)14-8-11-7-12(5-6-13(11)18-14)17(21)23-10-16(2,3)9-19/h5-8,18-19,21H,4,9-10H2,1-3H3. The van der Waals surface area contributed by atoms with E-state index in [4.69, 9.17) is 9.39 Å². The molecule has 1 aromatic carbocycles. The van der Waals surface area contributed by atoms with Crippen LogP contribution in [0.25, 0.3) is 10.9 Å². The maximum atomic E-state index is 11.7. The van der Waals surface area contributed by atoms with Gasteiger partial charge in [-0.2, -0.15) is 0 Å². The molecule has 2 aromatic rings. The summed E-state index contributed by atoms with van der Waals surface area (Å²) in [5.74, 6) is -0.410. The summed E-state index contributed by atoms with van der Waals surface area (Å²) < 4.78 is 10.4. The topological polar surface area (TPSA) is 91.8 Å². The molecule has 23 heavy (non-hydrogen) atoms. The fraction of sp³-hybridized carbons (Fsp3) is 0.438. The summed E-state index contributed by atoms with van der Waals surface area (Å²) in [6, 6.07) is 6.94. The Balaban J connectivity index is 2.14. The van der Waals surface area contributed by atoms with E-state index in [9.17, 15) is 14.9 Å². The summed E-state index contributed by atoms with van der Waals surface area (Å²) in [5, 5.41) is 20.1. The van der Waals surface area contributed by atoms with Crippen molar-refractivity contribution in [3.63, 3.8) is 0 Å². The lowest BCUT2D eigenvalue weighted by Crippen LogP contribution is -2.37. The number of ether oxygens (including phenoxy) is 1. The fourth-order valence-corrected chi connectivity index (χ4v) is 2.07. The van der Waals surface area contributed by atoms with E-state index in [0.717, 1.165) is 10.9 Å². The average molecular weight is 319 g/mol. The number of carbonyl (C=O) groups excluding carboxylic acids is 1. The second kappa shape index (κ2) is 7.17. The SMILES string of the molecule is CCOC(=O)c1cc2cc(B(O)OCC(C)(C)CO)ccc2[nH]1. The van der Waals surface area contributed by atoms with Crippen molar-refractivity contribution in [2.75, 3.05) is 19.8 Å². The Morgan fingerprint density at radius 3 is 2.74 bits per heavy atom. The molecule has 2 rings (SSSR count). The molecule has 0 radical (unpaired) electrons. The van der Waals surface area contributed by atoms with Gasteiger partial charge in [0.05, 0.1) is 13.2 Å². The fourth-order valence-electron chi connectivity index (χ4n) is 2.07. The molecule has 0 fully saturated rings. The molecule has 0 saturated carbocycles. The molecule has 1 heterocycles. The molecule has 0 aliphatic carbocycles. The maximum absolute atomic E-state index is 11.7. The van der Waals surface area contributed by atoms with Crippen LogP contribution in [0.4, 0.5) is 0 Å². The molecule has 0 bridgehead atoms. The first kappa shape index (κ1) is 17.5. The highest BCUT2D eigenvalue weighted by Crippen LogP contribution is 2.16. The highest BCUT2D eigenvalue weighted by molar-refractivity contribution is 6.60. The Labute approximate surface area is 135 Å². The van der Waals surface area contributed by atoms with Crippen LogP contribution in [0.1, 0.15) is 31.3 Å². The van der Waals surface area contributed by atoms with Crippen LogP contribution in [0.2, 0.25) is 0 Å². The van der Waals surface area contributed by atoms with Gasteiger partial charge in [-0.3, -0.25) is 0 Å². The lowest BCUT2D eigenvalue weighted by Gasteiger charge is -2.22. The number of hydrogen-bond acceptors (Lipinski definition) is 5. The van der Waals surface area contributed by atoms with Crippen molar-refractivity contribution in [2.45, 2.75) is 20.8 Å². The van der Waals surface area contributed by atoms with Gasteiger partial charge in [0.1, 0.15) is 5.69 Å². The largest absolute Gasteiger partial charge is 0.491 e. The average Bonchev–Trinajstić information content (AvgIpc) is 2.96. The number of aliphatic hydroxyl groups is 1. The number of H-pyrrole nitrogens is 1. The van der Waals surface area contributed by atoms with E-state index in [-0.39, 0.29) is 13.2 Å². The molecule has 0 saturated heterocycles. The number of aromatic nitrogens is 1. The Kier molecular flexibility index (Phi) is 5.46. The van der Waals surface area contributed by atoms with Crippen molar-refractivity contribution in [2.24, 2.45) is 5.41 Å². The van der Waals surface area contributed by atoms with Gasteiger partial charge in [-0.1, -0.05) is 26.0 Å². The van der Waals surface area contributed by atoms with Crippen molar-refractivity contribution in [3.8, 4) is 0 Å². The van der Waals surface area contributed by atoms with Gasteiger partial charge in [0.25, 0.3) is 0 Å². The molecule has 0 amide bonds. The third-order valence-electron chi connectivity index (χ3n) is 3.49. The van der Waals surface area contributed by atoms with Crippen molar-refractivity contribution in [1.29, 1.82) is 0 Å². The minimum atomic E-state index is -1.09. The Hall–Kier alpha value is -1.83. The monoisotopic (exact) mass is 319 g/mol. The molecule has 0 aliphatic heterocycles. The molecule has 0 aliphatic rings. The smallest absolute Gasteiger partial charge is 0.461 e. The summed E-state index contributed by atoms with van der Waals surface area (Å²) in [5.41, 5.74) is 1.31. The first-order chi connectivity index (χ1) is 10.9. The van der Waals surface area contributed by atoms with Crippen LogP contribution in [0.5, 0.6) is 0 Å². The molecule has 0 unspecified atom stereocenters. The zero-order valence-electron chi connectivity index (χ0n) is 13.6. The number of fused-ring (bicyclic) bond motifs is 1. The van der Waals surface area contributed by atoms with Gasteiger partial charge in [-0.05, 0) is 29.9 Å². The molecule has 0 atom stereocenters. The van der Waals surface area contributed by atoms with Crippen molar-refractivity contribution in [3.05, 3.63) is 30.0 Å². The van der Waals surface area contributed by atoms with E-state index in [1.165, 1.54) is 0 Å². The third-order valence-corrected chi connectivity index (χ3v) is 3.49. The molecule has 124 valence electrons. The van der Waals surface area contributed by atoms with Gasteiger partial charge in [0.15, 0.2) is 0 Å². The quantitative estimate of drug-likeness (QED) is 0.524. The normalized spacial score (nSPS) is 11.7. The first-order valence-corrected chi connectivity index (χ1v) is 7.56. The highest BCUT2D eigenvalue weighted by atomic mass is 16.5. The van der Waals surface area contributed by atoms with Crippen LogP contribution in [0.3, 0.4) is 0 Å². The summed E-state index contributed by atoms with van der Waals surface area (Å²) >= 11 is 0. The molecule has 6 nitrogen and oxygen atoms in total. The van der Waals surface area contributed by atoms with Crippen LogP contribution < -0.4 is 5.46 Å². The zero-order chi connectivity index (χ0) is 17.0. The van der Waals surface area contributed by atoms with Crippen LogP contribution >= 0.6 is 0 Å². The zero-order valence-corrected chi connectivity index (χ0v) is 13.6. The minimum absolute atomic E-state index is 0.0283. The van der Waals surface area contributed by atoms with Gasteiger partial charge in [-0.15, -0.1) is 0 Å². The number of aliphatic hydroxyl groups excluding tert-OH is 1. The summed E-state index contributed by atoms with van der Waals surface area (Å²) in [4.78, 5) is 14.7. The van der Waals surface area contributed by atoms with E-state index in [1.54, 1.807) is 31.2 Å². The van der Waals surface area contributed by atoms with Crippen LogP contribution in [-0.4, -0.2) is 48.0 Å². The van der Waals surface area contributed by atoms with E-state index in [1.807, 2.05) is 13.8 Å². The number of esters is 1. The lowest BCUT2D eigenvalue weighted by atomic mass is 9.78. The molecule has 7 heteroatoms. The predicted octanol–water partition coefficient (Wildman–Crippen LogP) is 1.07. The second-order valence-electron chi connectivity index (χ2n) is 6.24. The number of rotatable bonds is 7. The molecular weight excluding hydrogens is 297 g/mol. The minimum Gasteiger partial charge on any atom is -0.461 e. The lowest BCUT2D eigenvalue weighted by molar-refractivity contribution is 0.0520. The number of hydrogen-bond donors (Lipinski definition) is 3. The van der Waals surface area contributed by atoms with Gasteiger partial charge < -0.3 is 24.5 Å². The Morgan fingerprint density at radius 1 is 1.35 bits per heavy atom. The summed E-state index contributed by atoms with van der Waals surface area (Å²) in [7, 11) is -1.09. The molecular formula is C16H22BNO5. The van der Waals surface area contributed by atoms with E-state index >= 15 is 0 Å². The van der Waals surface area contributed by atoms with E-state index in [0.29, 0.717) is 17.8 Å². The number of aromatic amines is 1. The Morgan fingerprint density at radius 2 is 2.09 bits per heavy atom. The summed E-state index contributed by atoms with van der Waals surface area (Å²) in [6.07, 6.45) is 0. The van der Waals surface area contributed by atoms with Crippen molar-refractivity contribution in [1.82, 2.24) is 4.98 Å². The molecule has 3 N–H and O–H groups in total. The maximum Gasteiger partial charge on any atom is 0.491 e. The molecule has 0 spiro atoms. The number of nitrogens with one attached hydrogen (secondary N) is 1. The summed E-state index contributed by atoms with van der Waals surface area (Å²) in [6.45, 7) is 5.96. The van der Waals surface area contributed by atoms with Gasteiger partial charge >= 0.3 is 13.1 Å². The predicted molar refractivity (Wildman–Crippen MR) is 88.7 cm³/mol. The van der Waals surface area contributed by atoms with Crippen molar-refractivity contribution >= 4 is 29.5 Å². The number of benzene rings is 1. The van der Waals surface area contributed by atoms with Gasteiger partial charge in [-0.25, -0.2) is 4.79 Å². The third kappa shape index (κ3) is 4.34. The van der Waals surface area contributed by atoms with Crippen molar-refractivity contribution < 1.29 is 24.3 Å². The second-order valence-corrected chi connectivity index (χ2v) is 6.24. The van der Waals surface area contributed by atoms with E-state index in [2.05, 4.69) is 4.98 Å². The van der Waals surface area contributed by atoms with Crippen LogP contribution in [-0.2, 0) is 9.39 Å². The Bertz CT molecular complexity index is 682. The van der Waals surface area contributed by atoms with Crippen LogP contribution in [0, 0.1) is 5.41 Å².